The van der Waals surface area contributed by atoms with Gasteiger partial charge in [0.15, 0.2) is 5.82 Å². The Morgan fingerprint density at radius 1 is 1.06 bits per heavy atom. The number of nitrogen functional groups attached to an aromatic ring is 1. The quantitative estimate of drug-likeness (QED) is 0.527. The highest BCUT2D eigenvalue weighted by atomic mass is 35.5. The molecule has 0 saturated carbocycles. The first-order valence-corrected chi connectivity index (χ1v) is 11.2. The van der Waals surface area contributed by atoms with Crippen LogP contribution in [-0.2, 0) is 6.18 Å². The summed E-state index contributed by atoms with van der Waals surface area (Å²) in [5.41, 5.74) is 7.20. The van der Waals surface area contributed by atoms with Crippen LogP contribution >= 0.6 is 23.4 Å². The van der Waals surface area contributed by atoms with Crippen molar-refractivity contribution < 1.29 is 18.0 Å². The van der Waals surface area contributed by atoms with Crippen LogP contribution in [0, 0.1) is 0 Å². The van der Waals surface area contributed by atoms with E-state index in [1.165, 1.54) is 16.8 Å². The van der Waals surface area contributed by atoms with Gasteiger partial charge < -0.3 is 16.0 Å². The fourth-order valence-corrected chi connectivity index (χ4v) is 4.33. The number of halogens is 4. The van der Waals surface area contributed by atoms with E-state index in [4.69, 9.17) is 17.3 Å². The summed E-state index contributed by atoms with van der Waals surface area (Å²) in [6.45, 7) is 1.22. The minimum Gasteiger partial charge on any atom is -0.382 e. The van der Waals surface area contributed by atoms with Gasteiger partial charge in [-0.2, -0.15) is 30.0 Å². The summed E-state index contributed by atoms with van der Waals surface area (Å²) in [5.74, 6) is 1.80. The van der Waals surface area contributed by atoms with Crippen LogP contribution in [0.5, 0.6) is 0 Å². The summed E-state index contributed by atoms with van der Waals surface area (Å²) < 4.78 is 40.1. The number of carbonyl (C=O) groups excluding carboxylic acids is 1. The van der Waals surface area contributed by atoms with Gasteiger partial charge in [-0.15, -0.1) is 0 Å². The predicted molar refractivity (Wildman–Crippen MR) is 121 cm³/mol. The number of hydrogen-bond acceptors (Lipinski definition) is 4. The fourth-order valence-electron chi connectivity index (χ4n) is 3.31. The van der Waals surface area contributed by atoms with Gasteiger partial charge in [0, 0.05) is 35.2 Å². The number of nitrogens with one attached hydrogen (secondary N) is 1. The van der Waals surface area contributed by atoms with E-state index in [1.54, 1.807) is 40.9 Å². The smallest absolute Gasteiger partial charge is 0.382 e. The molecule has 2 aromatic carbocycles. The third-order valence-corrected chi connectivity index (χ3v) is 6.20. The molecule has 0 atom stereocenters. The van der Waals surface area contributed by atoms with E-state index in [0.717, 1.165) is 23.6 Å². The summed E-state index contributed by atoms with van der Waals surface area (Å²) in [5, 5.41) is 7.87. The molecular formula is C21H19ClF3N5OS. The summed E-state index contributed by atoms with van der Waals surface area (Å²) in [6.07, 6.45) is -4.45. The fraction of sp³-hybridized carbons (Fsp3) is 0.238. The van der Waals surface area contributed by atoms with Gasteiger partial charge in [-0.1, -0.05) is 23.7 Å². The van der Waals surface area contributed by atoms with Gasteiger partial charge in [0.1, 0.15) is 11.4 Å². The van der Waals surface area contributed by atoms with Crippen LogP contribution in [0.2, 0.25) is 5.02 Å². The van der Waals surface area contributed by atoms with Crippen molar-refractivity contribution in [3.63, 3.8) is 0 Å². The zero-order valence-electron chi connectivity index (χ0n) is 16.7. The second kappa shape index (κ2) is 8.95. The number of thioether (sulfide) groups is 1. The molecular weight excluding hydrogens is 463 g/mol. The Hall–Kier alpha value is -2.85. The minimum absolute atomic E-state index is 0.106. The van der Waals surface area contributed by atoms with Gasteiger partial charge >= 0.3 is 12.2 Å². The Bertz CT molecular complexity index is 1110. The first kappa shape index (κ1) is 22.3. The predicted octanol–water partition coefficient (Wildman–Crippen LogP) is 5.37. The van der Waals surface area contributed by atoms with Crippen LogP contribution in [0.15, 0.2) is 48.5 Å². The molecule has 2 amide bonds. The molecule has 1 saturated heterocycles. The van der Waals surface area contributed by atoms with Gasteiger partial charge in [0.2, 0.25) is 0 Å². The maximum atomic E-state index is 12.9. The second-order valence-corrected chi connectivity index (χ2v) is 8.76. The number of nitrogens with two attached hydrogens (primary N) is 1. The first-order chi connectivity index (χ1) is 15.2. The van der Waals surface area contributed by atoms with E-state index < -0.39 is 11.7 Å². The summed E-state index contributed by atoms with van der Waals surface area (Å²) in [7, 11) is 0. The molecule has 0 bridgehead atoms. The van der Waals surface area contributed by atoms with Crippen LogP contribution in [-0.4, -0.2) is 45.3 Å². The number of amides is 2. The third-order valence-electron chi connectivity index (χ3n) is 5.01. The second-order valence-electron chi connectivity index (χ2n) is 7.10. The number of benzene rings is 2. The summed E-state index contributed by atoms with van der Waals surface area (Å²) in [4.78, 5) is 14.5. The lowest BCUT2D eigenvalue weighted by Gasteiger charge is -2.26. The molecule has 0 spiro atoms. The Labute approximate surface area is 191 Å². The first-order valence-electron chi connectivity index (χ1n) is 9.70. The lowest BCUT2D eigenvalue weighted by atomic mass is 10.1. The Morgan fingerprint density at radius 3 is 2.28 bits per heavy atom. The van der Waals surface area contributed by atoms with Crippen molar-refractivity contribution in [2.24, 2.45) is 0 Å². The molecule has 3 aromatic rings. The number of carbonyl (C=O) groups is 1. The number of hydrogen-bond donors (Lipinski definition) is 2. The summed E-state index contributed by atoms with van der Waals surface area (Å²) in [6, 6.07) is 11.0. The molecule has 1 aliphatic rings. The van der Waals surface area contributed by atoms with Crippen LogP contribution < -0.4 is 11.1 Å². The van der Waals surface area contributed by atoms with Gasteiger partial charge in [0.25, 0.3) is 0 Å². The standard InChI is InChI=1S/C21H19ClF3N5OS/c22-15-5-1-13(2-6-15)17-18(27-20(31)29-9-11-32-12-10-29)19(26)30(28-17)16-7-3-14(4-8-16)21(23,24)25/h1-8H,9-12,26H2,(H,27,31). The molecule has 1 aliphatic heterocycles. The number of nitrogens with zero attached hydrogens (tertiary/aromatic N) is 3. The monoisotopic (exact) mass is 481 g/mol. The molecule has 0 unspecified atom stereocenters. The highest BCUT2D eigenvalue weighted by molar-refractivity contribution is 7.99. The maximum absolute atomic E-state index is 12.9. The average Bonchev–Trinajstić information content (AvgIpc) is 3.10. The SMILES string of the molecule is Nc1c(NC(=O)N2CCSCC2)c(-c2ccc(Cl)cc2)nn1-c1ccc(C(F)(F)F)cc1. The number of urea groups is 1. The zero-order chi connectivity index (χ0) is 22.9. The molecule has 168 valence electrons. The van der Waals surface area contributed by atoms with E-state index in [2.05, 4.69) is 10.4 Å². The average molecular weight is 482 g/mol. The van der Waals surface area contributed by atoms with Crippen molar-refractivity contribution in [2.75, 3.05) is 35.6 Å². The molecule has 2 heterocycles. The van der Waals surface area contributed by atoms with Crippen molar-refractivity contribution in [3.8, 4) is 16.9 Å². The lowest BCUT2D eigenvalue weighted by molar-refractivity contribution is -0.137. The van der Waals surface area contributed by atoms with Crippen LogP contribution in [0.25, 0.3) is 16.9 Å². The number of alkyl halides is 3. The van der Waals surface area contributed by atoms with Crippen molar-refractivity contribution in [1.29, 1.82) is 0 Å². The normalized spacial score (nSPS) is 14.4. The molecule has 3 N–H and O–H groups in total. The number of aromatic nitrogens is 2. The van der Waals surface area contributed by atoms with Gasteiger partial charge in [-0.3, -0.25) is 0 Å². The molecule has 0 aliphatic carbocycles. The van der Waals surface area contributed by atoms with Gasteiger partial charge in [0.05, 0.1) is 11.3 Å². The molecule has 1 aromatic heterocycles. The Morgan fingerprint density at radius 2 is 1.69 bits per heavy atom. The van der Waals surface area contributed by atoms with Gasteiger partial charge in [-0.05, 0) is 36.4 Å². The van der Waals surface area contributed by atoms with Crippen LogP contribution in [0.3, 0.4) is 0 Å². The highest BCUT2D eigenvalue weighted by Crippen LogP contribution is 2.36. The highest BCUT2D eigenvalue weighted by Gasteiger charge is 2.30. The van der Waals surface area contributed by atoms with E-state index in [0.29, 0.717) is 35.1 Å². The van der Waals surface area contributed by atoms with Crippen molar-refractivity contribution in [3.05, 3.63) is 59.1 Å². The zero-order valence-corrected chi connectivity index (χ0v) is 18.3. The van der Waals surface area contributed by atoms with Gasteiger partial charge in [-0.25, -0.2) is 9.48 Å². The molecule has 11 heteroatoms. The molecule has 6 nitrogen and oxygen atoms in total. The van der Waals surface area contributed by atoms with E-state index >= 15 is 0 Å². The van der Waals surface area contributed by atoms with Crippen LogP contribution in [0.1, 0.15) is 5.56 Å². The number of rotatable bonds is 3. The third kappa shape index (κ3) is 4.66. The Kier molecular flexibility index (Phi) is 6.25. The molecule has 32 heavy (non-hydrogen) atoms. The Balaban J connectivity index is 1.74. The molecule has 4 rings (SSSR count). The van der Waals surface area contributed by atoms with E-state index in [1.807, 2.05) is 0 Å². The molecule has 0 radical (unpaired) electrons. The molecule has 1 fully saturated rings. The topological polar surface area (TPSA) is 76.2 Å². The lowest BCUT2D eigenvalue weighted by Crippen LogP contribution is -2.40. The van der Waals surface area contributed by atoms with Crippen LogP contribution in [0.4, 0.5) is 29.5 Å². The van der Waals surface area contributed by atoms with Crippen molar-refractivity contribution >= 4 is 40.9 Å². The van der Waals surface area contributed by atoms with Crippen molar-refractivity contribution in [2.45, 2.75) is 6.18 Å². The van der Waals surface area contributed by atoms with E-state index in [9.17, 15) is 18.0 Å². The number of anilines is 2. The summed E-state index contributed by atoms with van der Waals surface area (Å²) >= 11 is 7.76. The minimum atomic E-state index is -4.45. The largest absolute Gasteiger partial charge is 0.416 e. The van der Waals surface area contributed by atoms with E-state index in [-0.39, 0.29) is 17.5 Å². The van der Waals surface area contributed by atoms with Crippen molar-refractivity contribution in [1.82, 2.24) is 14.7 Å². The maximum Gasteiger partial charge on any atom is 0.416 e.